The molecule has 0 fully saturated rings. The Balaban J connectivity index is 1.53. The summed E-state index contributed by atoms with van der Waals surface area (Å²) in [6, 6.07) is 5.32. The van der Waals surface area contributed by atoms with Gasteiger partial charge in [-0.25, -0.2) is 0 Å². The number of fused-ring (bicyclic) bond motifs is 1. The molecule has 0 aliphatic heterocycles. The number of aromatic hydroxyl groups is 1. The van der Waals surface area contributed by atoms with E-state index in [1.807, 2.05) is 12.3 Å². The van der Waals surface area contributed by atoms with Crippen molar-refractivity contribution in [3.05, 3.63) is 30.0 Å². The number of nitrogens with one attached hydrogen (secondary N) is 2. The first-order valence-corrected chi connectivity index (χ1v) is 10.3. The fourth-order valence-electron chi connectivity index (χ4n) is 3.39. The molecule has 0 spiro atoms. The molecule has 26 heavy (non-hydrogen) atoms. The predicted molar refractivity (Wildman–Crippen MR) is 109 cm³/mol. The van der Waals surface area contributed by atoms with Gasteiger partial charge in [-0.3, -0.25) is 4.79 Å². The molecule has 1 aromatic carbocycles. The fraction of sp³-hybridized carbons (Fsp3) is 0.591. The number of carbonyl (C=O) groups excluding carboxylic acids is 1. The maximum absolute atomic E-state index is 11.9. The molecule has 4 heteroatoms. The molecule has 0 saturated heterocycles. The van der Waals surface area contributed by atoms with Crippen molar-refractivity contribution in [2.45, 2.75) is 77.6 Å². The van der Waals surface area contributed by atoms with E-state index < -0.39 is 0 Å². The summed E-state index contributed by atoms with van der Waals surface area (Å²) in [7, 11) is 0. The highest BCUT2D eigenvalue weighted by Gasteiger charge is 2.06. The molecule has 0 atom stereocenters. The number of benzene rings is 1. The Morgan fingerprint density at radius 2 is 1.73 bits per heavy atom. The molecule has 4 nitrogen and oxygen atoms in total. The van der Waals surface area contributed by atoms with Crippen molar-refractivity contribution in [2.75, 3.05) is 6.54 Å². The summed E-state index contributed by atoms with van der Waals surface area (Å²) in [5.74, 6) is 0.420. The van der Waals surface area contributed by atoms with E-state index >= 15 is 0 Å². The van der Waals surface area contributed by atoms with Crippen LogP contribution in [0.2, 0.25) is 0 Å². The number of unbranched alkanes of at least 4 members (excludes halogenated alkanes) is 8. The molecule has 1 heterocycles. The zero-order valence-corrected chi connectivity index (χ0v) is 16.2. The molecule has 0 aliphatic carbocycles. The zero-order valence-electron chi connectivity index (χ0n) is 16.2. The van der Waals surface area contributed by atoms with Crippen LogP contribution in [-0.2, 0) is 11.2 Å². The van der Waals surface area contributed by atoms with Crippen molar-refractivity contribution >= 4 is 16.8 Å². The first-order valence-electron chi connectivity index (χ1n) is 10.3. The summed E-state index contributed by atoms with van der Waals surface area (Å²) in [6.07, 6.45) is 14.8. The van der Waals surface area contributed by atoms with Crippen molar-refractivity contribution in [3.8, 4) is 5.75 Å². The number of hydrogen-bond donors (Lipinski definition) is 3. The topological polar surface area (TPSA) is 65.1 Å². The molecule has 0 unspecified atom stereocenters. The van der Waals surface area contributed by atoms with E-state index in [9.17, 15) is 9.90 Å². The van der Waals surface area contributed by atoms with E-state index in [0.29, 0.717) is 13.0 Å². The summed E-state index contributed by atoms with van der Waals surface area (Å²) >= 11 is 0. The smallest absolute Gasteiger partial charge is 0.220 e. The van der Waals surface area contributed by atoms with Gasteiger partial charge in [0.05, 0.1) is 0 Å². The van der Waals surface area contributed by atoms with Gasteiger partial charge in [0, 0.05) is 30.1 Å². The van der Waals surface area contributed by atoms with Gasteiger partial charge >= 0.3 is 0 Å². The van der Waals surface area contributed by atoms with E-state index in [2.05, 4.69) is 17.2 Å². The number of phenols is 1. The number of hydrogen-bond acceptors (Lipinski definition) is 2. The van der Waals surface area contributed by atoms with Crippen molar-refractivity contribution in [2.24, 2.45) is 0 Å². The third-order valence-electron chi connectivity index (χ3n) is 4.97. The maximum Gasteiger partial charge on any atom is 0.220 e. The molecular formula is C22H34N2O2. The average molecular weight is 359 g/mol. The van der Waals surface area contributed by atoms with Gasteiger partial charge in [-0.1, -0.05) is 58.3 Å². The van der Waals surface area contributed by atoms with Crippen molar-refractivity contribution in [1.82, 2.24) is 10.3 Å². The molecule has 2 rings (SSSR count). The number of aromatic amines is 1. The predicted octanol–water partition coefficient (Wildman–Crippen LogP) is 5.45. The number of aromatic nitrogens is 1. The maximum atomic E-state index is 11.9. The largest absolute Gasteiger partial charge is 0.508 e. The van der Waals surface area contributed by atoms with Crippen LogP contribution in [0.4, 0.5) is 0 Å². The minimum absolute atomic E-state index is 0.149. The lowest BCUT2D eigenvalue weighted by atomic mass is 10.1. The first kappa shape index (κ1) is 20.3. The fourth-order valence-corrected chi connectivity index (χ4v) is 3.39. The highest BCUT2D eigenvalue weighted by Crippen LogP contribution is 2.23. The van der Waals surface area contributed by atoms with E-state index in [1.54, 1.807) is 12.1 Å². The molecule has 1 amide bonds. The van der Waals surface area contributed by atoms with Crippen LogP contribution in [0.25, 0.3) is 10.9 Å². The van der Waals surface area contributed by atoms with Crippen LogP contribution in [0.3, 0.4) is 0 Å². The van der Waals surface area contributed by atoms with Crippen molar-refractivity contribution in [3.63, 3.8) is 0 Å². The van der Waals surface area contributed by atoms with Crippen molar-refractivity contribution < 1.29 is 9.90 Å². The number of phenolic OH excluding ortho intramolecular Hbond substituents is 1. The minimum atomic E-state index is 0.149. The Labute approximate surface area is 157 Å². The standard InChI is InChI=1S/C22H34N2O2/c1-2-3-4-5-6-7-8-9-10-11-22(26)23-15-14-18-17-24-21-13-12-19(25)16-20(18)21/h12-13,16-17,24-25H,2-11,14-15H2,1H3,(H,23,26). The van der Waals surface area contributed by atoms with E-state index in [0.717, 1.165) is 35.7 Å². The number of H-pyrrole nitrogens is 1. The summed E-state index contributed by atoms with van der Waals surface area (Å²) in [5.41, 5.74) is 2.14. The molecular weight excluding hydrogens is 324 g/mol. The van der Waals surface area contributed by atoms with Crippen LogP contribution in [-0.4, -0.2) is 22.5 Å². The SMILES string of the molecule is CCCCCCCCCCCC(=O)NCCc1c[nH]c2ccc(O)cc12. The molecule has 0 saturated carbocycles. The van der Waals surface area contributed by atoms with Crippen LogP contribution < -0.4 is 5.32 Å². The lowest BCUT2D eigenvalue weighted by Crippen LogP contribution is -2.25. The zero-order chi connectivity index (χ0) is 18.6. The summed E-state index contributed by atoms with van der Waals surface area (Å²) in [4.78, 5) is 15.1. The summed E-state index contributed by atoms with van der Waals surface area (Å²) in [5, 5.41) is 13.7. The molecule has 2 aromatic rings. The Morgan fingerprint density at radius 1 is 1.04 bits per heavy atom. The van der Waals surface area contributed by atoms with Gasteiger partial charge in [-0.2, -0.15) is 0 Å². The van der Waals surface area contributed by atoms with E-state index in [1.165, 1.54) is 44.9 Å². The van der Waals surface area contributed by atoms with Gasteiger partial charge < -0.3 is 15.4 Å². The minimum Gasteiger partial charge on any atom is -0.508 e. The Bertz CT molecular complexity index is 663. The van der Waals surface area contributed by atoms with Gasteiger partial charge in [0.1, 0.15) is 5.75 Å². The molecule has 0 aliphatic rings. The second kappa shape index (κ2) is 11.6. The highest BCUT2D eigenvalue weighted by atomic mass is 16.3. The Hall–Kier alpha value is -1.97. The van der Waals surface area contributed by atoms with Crippen molar-refractivity contribution in [1.29, 1.82) is 0 Å². The molecule has 1 aromatic heterocycles. The second-order valence-corrected chi connectivity index (χ2v) is 7.22. The third kappa shape index (κ3) is 7.11. The van der Waals surface area contributed by atoms with Crippen LogP contribution in [0, 0.1) is 0 Å². The van der Waals surface area contributed by atoms with Crippen LogP contribution >= 0.6 is 0 Å². The van der Waals surface area contributed by atoms with E-state index in [-0.39, 0.29) is 11.7 Å². The first-order chi connectivity index (χ1) is 12.7. The number of rotatable bonds is 13. The third-order valence-corrected chi connectivity index (χ3v) is 4.97. The summed E-state index contributed by atoms with van der Waals surface area (Å²) < 4.78 is 0. The Morgan fingerprint density at radius 3 is 2.46 bits per heavy atom. The monoisotopic (exact) mass is 358 g/mol. The average Bonchev–Trinajstić information content (AvgIpc) is 3.02. The normalized spacial score (nSPS) is 11.1. The van der Waals surface area contributed by atoms with Gasteiger partial charge in [0.15, 0.2) is 0 Å². The second-order valence-electron chi connectivity index (χ2n) is 7.22. The van der Waals surface area contributed by atoms with Gasteiger partial charge in [-0.15, -0.1) is 0 Å². The highest BCUT2D eigenvalue weighted by molar-refractivity contribution is 5.84. The lowest BCUT2D eigenvalue weighted by Gasteiger charge is -2.05. The van der Waals surface area contributed by atoms with E-state index in [4.69, 9.17) is 0 Å². The molecule has 0 bridgehead atoms. The van der Waals surface area contributed by atoms with Gasteiger partial charge in [0.25, 0.3) is 0 Å². The van der Waals surface area contributed by atoms with Crippen LogP contribution in [0.1, 0.15) is 76.7 Å². The number of amides is 1. The molecule has 144 valence electrons. The van der Waals surface area contributed by atoms with Gasteiger partial charge in [0.2, 0.25) is 5.91 Å². The van der Waals surface area contributed by atoms with Gasteiger partial charge in [-0.05, 0) is 36.6 Å². The quantitative estimate of drug-likeness (QED) is 0.417. The Kier molecular flexibility index (Phi) is 9.08. The summed E-state index contributed by atoms with van der Waals surface area (Å²) in [6.45, 7) is 2.88. The lowest BCUT2D eigenvalue weighted by molar-refractivity contribution is -0.121. The van der Waals surface area contributed by atoms with Crippen LogP contribution in [0.15, 0.2) is 24.4 Å². The molecule has 3 N–H and O–H groups in total. The number of carbonyl (C=O) groups is 1. The molecule has 0 radical (unpaired) electrons. The van der Waals surface area contributed by atoms with Crippen LogP contribution in [0.5, 0.6) is 5.75 Å².